The number of nitrogens with one attached hydrogen (secondary N) is 2. The molecule has 17 heavy (non-hydrogen) atoms. The van der Waals surface area contributed by atoms with Gasteiger partial charge in [-0.3, -0.25) is 10.1 Å². The molecule has 1 aliphatic rings. The number of aromatic nitrogens is 2. The second kappa shape index (κ2) is 5.20. The first kappa shape index (κ1) is 11.9. The molecule has 1 amide bonds. The largest absolute Gasteiger partial charge is 0.378 e. The van der Waals surface area contributed by atoms with Crippen LogP contribution in [0.15, 0.2) is 6.07 Å². The van der Waals surface area contributed by atoms with Crippen molar-refractivity contribution in [3.8, 4) is 0 Å². The van der Waals surface area contributed by atoms with Gasteiger partial charge >= 0.3 is 0 Å². The summed E-state index contributed by atoms with van der Waals surface area (Å²) in [6, 6.07) is 1.53. The molecule has 2 heterocycles. The number of aryl methyl sites for hydroxylation is 2. The van der Waals surface area contributed by atoms with Gasteiger partial charge in [-0.05, 0) is 19.9 Å². The smallest absolute Gasteiger partial charge is 0.246 e. The summed E-state index contributed by atoms with van der Waals surface area (Å²) in [5, 5.41) is 5.77. The van der Waals surface area contributed by atoms with Crippen molar-refractivity contribution in [1.82, 2.24) is 15.3 Å². The molecular weight excluding hydrogens is 220 g/mol. The molecule has 1 aromatic heterocycles. The van der Waals surface area contributed by atoms with Gasteiger partial charge in [0.1, 0.15) is 6.04 Å². The van der Waals surface area contributed by atoms with Crippen LogP contribution in [0, 0.1) is 13.8 Å². The maximum absolute atomic E-state index is 11.9. The zero-order valence-electron chi connectivity index (χ0n) is 9.99. The normalized spacial score (nSPS) is 20.0. The van der Waals surface area contributed by atoms with E-state index in [1.165, 1.54) is 0 Å². The highest BCUT2D eigenvalue weighted by Crippen LogP contribution is 2.05. The lowest BCUT2D eigenvalue weighted by Gasteiger charge is -2.22. The molecule has 1 aromatic rings. The van der Waals surface area contributed by atoms with Gasteiger partial charge < -0.3 is 10.1 Å². The Balaban J connectivity index is 2.01. The zero-order chi connectivity index (χ0) is 12.3. The van der Waals surface area contributed by atoms with E-state index in [-0.39, 0.29) is 11.9 Å². The standard InChI is InChI=1S/C11H16N4O2/c1-7-5-8(2)14-11(13-7)15-10(16)9-6-17-4-3-12-9/h5,9,12H,3-4,6H2,1-2H3,(H,13,14,15,16). The number of anilines is 1. The monoisotopic (exact) mass is 236 g/mol. The Morgan fingerprint density at radius 1 is 1.47 bits per heavy atom. The molecule has 1 aliphatic heterocycles. The van der Waals surface area contributed by atoms with E-state index in [4.69, 9.17) is 4.74 Å². The van der Waals surface area contributed by atoms with Crippen molar-refractivity contribution in [2.75, 3.05) is 25.1 Å². The number of morpholine rings is 1. The van der Waals surface area contributed by atoms with Crippen molar-refractivity contribution < 1.29 is 9.53 Å². The first-order valence-electron chi connectivity index (χ1n) is 5.59. The third kappa shape index (κ3) is 3.21. The van der Waals surface area contributed by atoms with E-state index in [2.05, 4.69) is 20.6 Å². The third-order valence-electron chi connectivity index (χ3n) is 2.46. The van der Waals surface area contributed by atoms with Crippen molar-refractivity contribution in [2.45, 2.75) is 19.9 Å². The third-order valence-corrected chi connectivity index (χ3v) is 2.46. The molecule has 92 valence electrons. The van der Waals surface area contributed by atoms with Crippen LogP contribution >= 0.6 is 0 Å². The van der Waals surface area contributed by atoms with E-state index in [1.807, 2.05) is 19.9 Å². The van der Waals surface area contributed by atoms with E-state index in [0.29, 0.717) is 25.7 Å². The summed E-state index contributed by atoms with van der Waals surface area (Å²) in [6.45, 7) is 5.45. The molecule has 1 saturated heterocycles. The fourth-order valence-electron chi connectivity index (χ4n) is 1.71. The van der Waals surface area contributed by atoms with Crippen LogP contribution in [0.5, 0.6) is 0 Å². The number of hydrogen-bond donors (Lipinski definition) is 2. The van der Waals surface area contributed by atoms with Crippen LogP contribution in [0.25, 0.3) is 0 Å². The zero-order valence-corrected chi connectivity index (χ0v) is 9.99. The predicted octanol–water partition coefficient (Wildman–Crippen LogP) is 0.0203. The highest BCUT2D eigenvalue weighted by molar-refractivity contribution is 5.93. The van der Waals surface area contributed by atoms with E-state index in [9.17, 15) is 4.79 Å². The first-order valence-corrected chi connectivity index (χ1v) is 5.59. The van der Waals surface area contributed by atoms with Gasteiger partial charge in [-0.15, -0.1) is 0 Å². The van der Waals surface area contributed by atoms with Crippen LogP contribution in [0.3, 0.4) is 0 Å². The molecule has 0 radical (unpaired) electrons. The Hall–Kier alpha value is -1.53. The van der Waals surface area contributed by atoms with Crippen LogP contribution in [-0.2, 0) is 9.53 Å². The summed E-state index contributed by atoms with van der Waals surface area (Å²) in [5.41, 5.74) is 1.67. The molecule has 1 atom stereocenters. The average Bonchev–Trinajstić information content (AvgIpc) is 2.28. The SMILES string of the molecule is Cc1cc(C)nc(NC(=O)C2COCCN2)n1. The Morgan fingerprint density at radius 2 is 2.18 bits per heavy atom. The topological polar surface area (TPSA) is 76.1 Å². The Kier molecular flexibility index (Phi) is 3.65. The molecular formula is C11H16N4O2. The first-order chi connectivity index (χ1) is 8.15. The van der Waals surface area contributed by atoms with Crippen LogP contribution < -0.4 is 10.6 Å². The Bertz CT molecular complexity index is 396. The molecule has 6 heteroatoms. The van der Waals surface area contributed by atoms with Crippen molar-refractivity contribution in [1.29, 1.82) is 0 Å². The lowest BCUT2D eigenvalue weighted by atomic mass is 10.2. The maximum atomic E-state index is 11.9. The van der Waals surface area contributed by atoms with Gasteiger partial charge in [0.25, 0.3) is 0 Å². The number of carbonyl (C=O) groups excluding carboxylic acids is 1. The molecule has 0 saturated carbocycles. The van der Waals surface area contributed by atoms with Crippen molar-refractivity contribution >= 4 is 11.9 Å². The molecule has 1 fully saturated rings. The van der Waals surface area contributed by atoms with Gasteiger partial charge in [0.2, 0.25) is 11.9 Å². The fourth-order valence-corrected chi connectivity index (χ4v) is 1.71. The van der Waals surface area contributed by atoms with Gasteiger partial charge in [-0.1, -0.05) is 0 Å². The van der Waals surface area contributed by atoms with Gasteiger partial charge in [0.15, 0.2) is 0 Å². The summed E-state index contributed by atoms with van der Waals surface area (Å²) >= 11 is 0. The molecule has 6 nitrogen and oxygen atoms in total. The highest BCUT2D eigenvalue weighted by Gasteiger charge is 2.21. The molecule has 0 spiro atoms. The second-order valence-electron chi connectivity index (χ2n) is 4.05. The van der Waals surface area contributed by atoms with E-state index in [1.54, 1.807) is 0 Å². The van der Waals surface area contributed by atoms with Gasteiger partial charge in [0.05, 0.1) is 13.2 Å². The van der Waals surface area contributed by atoms with Crippen LogP contribution in [-0.4, -0.2) is 41.7 Å². The molecule has 2 N–H and O–H groups in total. The number of rotatable bonds is 2. The lowest BCUT2D eigenvalue weighted by Crippen LogP contribution is -2.49. The van der Waals surface area contributed by atoms with E-state index in [0.717, 1.165) is 11.4 Å². The van der Waals surface area contributed by atoms with Gasteiger partial charge in [-0.2, -0.15) is 0 Å². The summed E-state index contributed by atoms with van der Waals surface area (Å²) in [6.07, 6.45) is 0. The number of nitrogens with zero attached hydrogens (tertiary/aromatic N) is 2. The van der Waals surface area contributed by atoms with Crippen LogP contribution in [0.4, 0.5) is 5.95 Å². The Labute approximate surface area is 99.8 Å². The maximum Gasteiger partial charge on any atom is 0.246 e. The fraction of sp³-hybridized carbons (Fsp3) is 0.545. The minimum absolute atomic E-state index is 0.158. The second-order valence-corrected chi connectivity index (χ2v) is 4.05. The summed E-state index contributed by atoms with van der Waals surface area (Å²) in [7, 11) is 0. The Morgan fingerprint density at radius 3 is 2.76 bits per heavy atom. The lowest BCUT2D eigenvalue weighted by molar-refractivity contribution is -0.120. The van der Waals surface area contributed by atoms with Crippen LogP contribution in [0.2, 0.25) is 0 Å². The number of carbonyl (C=O) groups is 1. The van der Waals surface area contributed by atoms with Crippen molar-refractivity contribution in [3.63, 3.8) is 0 Å². The summed E-state index contributed by atoms with van der Waals surface area (Å²) < 4.78 is 5.22. The van der Waals surface area contributed by atoms with Gasteiger partial charge in [0, 0.05) is 17.9 Å². The van der Waals surface area contributed by atoms with Crippen molar-refractivity contribution in [2.24, 2.45) is 0 Å². The molecule has 2 rings (SSSR count). The highest BCUT2D eigenvalue weighted by atomic mass is 16.5. The number of ether oxygens (including phenoxy) is 1. The molecule has 0 aromatic carbocycles. The average molecular weight is 236 g/mol. The van der Waals surface area contributed by atoms with Crippen molar-refractivity contribution in [3.05, 3.63) is 17.5 Å². The van der Waals surface area contributed by atoms with E-state index < -0.39 is 0 Å². The van der Waals surface area contributed by atoms with E-state index >= 15 is 0 Å². The molecule has 1 unspecified atom stereocenters. The number of hydrogen-bond acceptors (Lipinski definition) is 5. The summed E-state index contributed by atoms with van der Waals surface area (Å²) in [5.74, 6) is 0.189. The summed E-state index contributed by atoms with van der Waals surface area (Å²) in [4.78, 5) is 20.2. The van der Waals surface area contributed by atoms with Gasteiger partial charge in [-0.25, -0.2) is 9.97 Å². The quantitative estimate of drug-likeness (QED) is 0.757. The predicted molar refractivity (Wildman–Crippen MR) is 62.7 cm³/mol. The molecule has 0 bridgehead atoms. The number of amides is 1. The minimum atomic E-state index is -0.326. The van der Waals surface area contributed by atoms with Crippen LogP contribution in [0.1, 0.15) is 11.4 Å². The molecule has 0 aliphatic carbocycles. The minimum Gasteiger partial charge on any atom is -0.378 e.